The molecule has 0 fully saturated rings. The highest BCUT2D eigenvalue weighted by atomic mass is 32.2. The summed E-state index contributed by atoms with van der Waals surface area (Å²) in [5.74, 6) is -0.0716. The summed E-state index contributed by atoms with van der Waals surface area (Å²) >= 11 is 0. The average Bonchev–Trinajstić information content (AvgIpc) is 3.27. The molecule has 0 radical (unpaired) electrons. The molecule has 0 amide bonds. The minimum atomic E-state index is -4.13. The smallest absolute Gasteiger partial charge is 0.279 e. The molecule has 2 aromatic carbocycles. The van der Waals surface area contributed by atoms with Crippen molar-refractivity contribution in [3.63, 3.8) is 0 Å². The molecule has 3 aromatic rings. The van der Waals surface area contributed by atoms with Gasteiger partial charge in [0.15, 0.2) is 5.52 Å². The Balaban J connectivity index is 1.95. The van der Waals surface area contributed by atoms with E-state index in [1.54, 1.807) is 18.2 Å². The lowest BCUT2D eigenvalue weighted by Gasteiger charge is -2.31. The molecule has 13 heteroatoms. The largest absolute Gasteiger partial charge is 0.390 e. The first-order chi connectivity index (χ1) is 16.4. The normalized spacial score (nSPS) is 14.7. The Morgan fingerprint density at radius 3 is 2.29 bits per heavy atom. The molecule has 35 heavy (non-hydrogen) atoms. The Labute approximate surface area is 205 Å². The number of hydrogen-bond donors (Lipinski definition) is 2. The van der Waals surface area contributed by atoms with Crippen LogP contribution < -0.4 is 4.72 Å². The predicted octanol–water partition coefficient (Wildman–Crippen LogP) is 1.24. The van der Waals surface area contributed by atoms with E-state index in [1.165, 1.54) is 26.2 Å². The van der Waals surface area contributed by atoms with E-state index in [9.17, 15) is 21.9 Å². The van der Waals surface area contributed by atoms with E-state index >= 15 is 0 Å². The van der Waals surface area contributed by atoms with Gasteiger partial charge in [-0.1, -0.05) is 50.2 Å². The Morgan fingerprint density at radius 1 is 0.971 bits per heavy atom. The van der Waals surface area contributed by atoms with Crippen molar-refractivity contribution in [2.45, 2.75) is 37.3 Å². The van der Waals surface area contributed by atoms with Gasteiger partial charge in [0.05, 0.1) is 12.1 Å². The summed E-state index contributed by atoms with van der Waals surface area (Å²) in [5, 5.41) is 18.6. The van der Waals surface area contributed by atoms with Crippen molar-refractivity contribution in [3.8, 4) is 0 Å². The molecule has 0 saturated heterocycles. The molecule has 0 saturated carbocycles. The fraction of sp³-hybridized carbons (Fsp3) is 0.455. The summed E-state index contributed by atoms with van der Waals surface area (Å²) in [6.07, 6.45) is -1.19. The van der Waals surface area contributed by atoms with Crippen molar-refractivity contribution < 1.29 is 26.6 Å². The van der Waals surface area contributed by atoms with Gasteiger partial charge in [-0.15, -0.1) is 0 Å². The number of fused-ring (bicyclic) bond motifs is 1. The Hall–Kier alpha value is -2.42. The molecule has 11 nitrogen and oxygen atoms in total. The molecule has 1 heterocycles. The van der Waals surface area contributed by atoms with Crippen LogP contribution in [-0.2, 0) is 26.7 Å². The van der Waals surface area contributed by atoms with Crippen molar-refractivity contribution in [2.24, 2.45) is 5.92 Å². The second-order valence-corrected chi connectivity index (χ2v) is 12.7. The first kappa shape index (κ1) is 27.2. The lowest BCUT2D eigenvalue weighted by atomic mass is 10.0. The summed E-state index contributed by atoms with van der Waals surface area (Å²) in [6, 6.07) is 12.6. The van der Waals surface area contributed by atoms with E-state index in [2.05, 4.69) is 15.0 Å². The number of hydrogen-bond acceptors (Lipinski definition) is 8. The molecule has 2 N–H and O–H groups in total. The molecular formula is C22H31N5O6S2. The molecule has 1 aromatic heterocycles. The lowest BCUT2D eigenvalue weighted by molar-refractivity contribution is 0.109. The second-order valence-electron chi connectivity index (χ2n) is 8.87. The molecule has 2 atom stereocenters. The van der Waals surface area contributed by atoms with Crippen LogP contribution in [0.5, 0.6) is 0 Å². The molecule has 192 valence electrons. The van der Waals surface area contributed by atoms with Gasteiger partial charge in [-0.05, 0) is 40.3 Å². The maximum atomic E-state index is 13.6. The monoisotopic (exact) mass is 525 g/mol. The van der Waals surface area contributed by atoms with E-state index in [0.717, 1.165) is 14.2 Å². The SMILES string of the molecule is CC(C)CN(C[C@@H](O)[C@H](Cc1ccccc1)NS(=O)(=O)N(C)C)S(=O)(=O)c1cccc2nonc12. The van der Waals surface area contributed by atoms with Crippen LogP contribution in [0.1, 0.15) is 19.4 Å². The fourth-order valence-electron chi connectivity index (χ4n) is 3.56. The topological polar surface area (TPSA) is 146 Å². The van der Waals surface area contributed by atoms with Gasteiger partial charge < -0.3 is 5.11 Å². The van der Waals surface area contributed by atoms with E-state index < -0.39 is 32.4 Å². The third-order valence-corrected chi connectivity index (χ3v) is 8.80. The summed E-state index contributed by atoms with van der Waals surface area (Å²) in [5.41, 5.74) is 1.16. The van der Waals surface area contributed by atoms with Crippen molar-refractivity contribution in [1.82, 2.24) is 23.6 Å². The fourth-order valence-corrected chi connectivity index (χ4v) is 6.16. The van der Waals surface area contributed by atoms with Gasteiger partial charge in [0.25, 0.3) is 10.2 Å². The van der Waals surface area contributed by atoms with Crippen molar-refractivity contribution in [1.29, 1.82) is 0 Å². The summed E-state index contributed by atoms with van der Waals surface area (Å²) in [6.45, 7) is 3.46. The zero-order valence-electron chi connectivity index (χ0n) is 20.1. The number of sulfonamides is 1. The van der Waals surface area contributed by atoms with Crippen LogP contribution in [0.3, 0.4) is 0 Å². The van der Waals surface area contributed by atoms with Gasteiger partial charge in [-0.2, -0.15) is 21.8 Å². The third kappa shape index (κ3) is 6.63. The summed E-state index contributed by atoms with van der Waals surface area (Å²) < 4.78 is 61.8. The zero-order valence-corrected chi connectivity index (χ0v) is 21.7. The van der Waals surface area contributed by atoms with E-state index in [4.69, 9.17) is 4.63 Å². The number of benzene rings is 2. The van der Waals surface area contributed by atoms with Gasteiger partial charge in [0.1, 0.15) is 10.4 Å². The number of aromatic nitrogens is 2. The molecule has 0 bridgehead atoms. The molecule has 3 rings (SSSR count). The summed E-state index contributed by atoms with van der Waals surface area (Å²) in [4.78, 5) is -0.0995. The van der Waals surface area contributed by atoms with Gasteiger partial charge in [-0.3, -0.25) is 0 Å². The zero-order chi connectivity index (χ0) is 25.8. The maximum absolute atomic E-state index is 13.6. The van der Waals surface area contributed by atoms with Crippen LogP contribution in [0.4, 0.5) is 0 Å². The Morgan fingerprint density at radius 2 is 1.66 bits per heavy atom. The van der Waals surface area contributed by atoms with E-state index in [-0.39, 0.29) is 41.4 Å². The first-order valence-electron chi connectivity index (χ1n) is 11.0. The number of nitrogens with one attached hydrogen (secondary N) is 1. The molecular weight excluding hydrogens is 494 g/mol. The van der Waals surface area contributed by atoms with Crippen LogP contribution in [0.2, 0.25) is 0 Å². The molecule has 0 aliphatic rings. The van der Waals surface area contributed by atoms with Crippen LogP contribution in [0, 0.1) is 5.92 Å². The van der Waals surface area contributed by atoms with Crippen molar-refractivity contribution in [3.05, 3.63) is 54.1 Å². The van der Waals surface area contributed by atoms with Crippen LogP contribution in [-0.4, -0.2) is 80.2 Å². The predicted molar refractivity (Wildman–Crippen MR) is 131 cm³/mol. The van der Waals surface area contributed by atoms with Gasteiger partial charge >= 0.3 is 0 Å². The first-order valence-corrected chi connectivity index (χ1v) is 13.9. The number of aliphatic hydroxyl groups excluding tert-OH is 1. The van der Waals surface area contributed by atoms with Crippen LogP contribution >= 0.6 is 0 Å². The molecule has 0 spiro atoms. The van der Waals surface area contributed by atoms with Crippen molar-refractivity contribution >= 4 is 31.3 Å². The lowest BCUT2D eigenvalue weighted by Crippen LogP contribution is -2.53. The molecule has 0 unspecified atom stereocenters. The maximum Gasteiger partial charge on any atom is 0.279 e. The summed E-state index contributed by atoms with van der Waals surface area (Å²) in [7, 11) is -5.29. The van der Waals surface area contributed by atoms with Gasteiger partial charge in [0.2, 0.25) is 10.0 Å². The number of nitrogens with zero attached hydrogens (tertiary/aromatic N) is 4. The second kappa shape index (κ2) is 11.1. The standard InChI is InChI=1S/C22H31N5O6S2/c1-16(2)14-27(34(29,30)21-12-8-11-18-22(21)24-33-23-18)15-20(28)19(25-35(31,32)26(3)4)13-17-9-6-5-7-10-17/h5-12,16,19-20,25,28H,13-15H2,1-4H3/t19-,20+/m0/s1. The Bertz CT molecular complexity index is 1330. The van der Waals surface area contributed by atoms with Crippen molar-refractivity contribution in [2.75, 3.05) is 27.2 Å². The third-order valence-electron chi connectivity index (χ3n) is 5.37. The minimum Gasteiger partial charge on any atom is -0.390 e. The highest BCUT2D eigenvalue weighted by Gasteiger charge is 2.34. The number of aliphatic hydroxyl groups is 1. The van der Waals surface area contributed by atoms with E-state index in [1.807, 2.05) is 32.0 Å². The highest BCUT2D eigenvalue weighted by Crippen LogP contribution is 2.25. The van der Waals surface area contributed by atoms with Crippen LogP contribution in [0.15, 0.2) is 58.1 Å². The molecule has 0 aliphatic heterocycles. The molecule has 0 aliphatic carbocycles. The number of rotatable bonds is 12. The average molecular weight is 526 g/mol. The van der Waals surface area contributed by atoms with Crippen LogP contribution in [0.25, 0.3) is 11.0 Å². The minimum absolute atomic E-state index is 0.0716. The van der Waals surface area contributed by atoms with E-state index in [0.29, 0.717) is 0 Å². The Kier molecular flexibility index (Phi) is 8.62. The van der Waals surface area contributed by atoms with Gasteiger partial charge in [0, 0.05) is 27.2 Å². The van der Waals surface area contributed by atoms with Gasteiger partial charge in [-0.25, -0.2) is 13.0 Å². The quantitative estimate of drug-likeness (QED) is 0.359. The highest BCUT2D eigenvalue weighted by molar-refractivity contribution is 7.89.